The highest BCUT2D eigenvalue weighted by Crippen LogP contribution is 2.37. The maximum absolute atomic E-state index is 13.5. The largest absolute Gasteiger partial charge is 0.472 e. The Kier molecular flexibility index (Phi) is 5.02. The summed E-state index contributed by atoms with van der Waals surface area (Å²) in [5, 5.41) is 1.04. The summed E-state index contributed by atoms with van der Waals surface area (Å²) in [6.45, 7) is 4.94. The Morgan fingerprint density at radius 2 is 2.07 bits per heavy atom. The van der Waals surface area contributed by atoms with Crippen LogP contribution in [0.15, 0.2) is 39.5 Å². The van der Waals surface area contributed by atoms with Crippen LogP contribution in [0.5, 0.6) is 5.75 Å². The van der Waals surface area contributed by atoms with Crippen LogP contribution < -0.4 is 15.3 Å². The van der Waals surface area contributed by atoms with E-state index in [2.05, 4.69) is 6.92 Å². The summed E-state index contributed by atoms with van der Waals surface area (Å²) in [4.78, 5) is 14.0. The average molecular weight is 402 g/mol. The van der Waals surface area contributed by atoms with Crippen LogP contribution >= 0.6 is 11.6 Å². The molecule has 1 aromatic heterocycles. The summed E-state index contributed by atoms with van der Waals surface area (Å²) in [6.07, 6.45) is 2.88. The van der Waals surface area contributed by atoms with Crippen molar-refractivity contribution >= 4 is 28.3 Å². The maximum atomic E-state index is 13.5. The number of rotatable bonds is 4. The fourth-order valence-corrected chi connectivity index (χ4v) is 3.88. The number of benzene rings is 2. The van der Waals surface area contributed by atoms with Gasteiger partial charge in [-0.05, 0) is 49.6 Å². The van der Waals surface area contributed by atoms with Gasteiger partial charge in [0.15, 0.2) is 6.73 Å². The molecule has 2 heterocycles. The predicted octanol–water partition coefficient (Wildman–Crippen LogP) is 5.59. The van der Waals surface area contributed by atoms with Gasteiger partial charge < -0.3 is 14.1 Å². The van der Waals surface area contributed by atoms with Gasteiger partial charge in [0.25, 0.3) is 0 Å². The molecule has 1 aliphatic heterocycles. The smallest absolute Gasteiger partial charge is 0.336 e. The standard InChI is InChI=1S/C22H21ClFNO3/c1-3-4-5-14-9-20(26)28-22-13(2)21-15(8-17(14)22)11-25(12-27-21)16-6-7-19(24)18(23)10-16/h6-10H,3-5,11-12H2,1-2H3. The van der Waals surface area contributed by atoms with Gasteiger partial charge in [0, 0.05) is 34.8 Å². The monoisotopic (exact) mass is 401 g/mol. The Balaban J connectivity index is 1.78. The number of hydrogen-bond donors (Lipinski definition) is 0. The molecule has 0 bridgehead atoms. The molecule has 0 saturated heterocycles. The van der Waals surface area contributed by atoms with Crippen molar-refractivity contribution in [2.24, 2.45) is 0 Å². The van der Waals surface area contributed by atoms with Crippen molar-refractivity contribution in [3.05, 3.63) is 68.3 Å². The second-order valence-electron chi connectivity index (χ2n) is 7.13. The Hall–Kier alpha value is -2.53. The highest BCUT2D eigenvalue weighted by atomic mass is 35.5. The van der Waals surface area contributed by atoms with Crippen LogP contribution in [0.25, 0.3) is 11.0 Å². The van der Waals surface area contributed by atoms with Crippen LogP contribution in [0.2, 0.25) is 5.02 Å². The molecule has 0 radical (unpaired) electrons. The van der Waals surface area contributed by atoms with Gasteiger partial charge in [-0.3, -0.25) is 0 Å². The lowest BCUT2D eigenvalue weighted by Gasteiger charge is -2.32. The molecule has 4 nitrogen and oxygen atoms in total. The lowest BCUT2D eigenvalue weighted by molar-refractivity contribution is 0.287. The summed E-state index contributed by atoms with van der Waals surface area (Å²) in [6, 6.07) is 8.28. The van der Waals surface area contributed by atoms with Gasteiger partial charge in [-0.2, -0.15) is 0 Å². The molecule has 2 aromatic carbocycles. The van der Waals surface area contributed by atoms with E-state index in [1.807, 2.05) is 17.9 Å². The van der Waals surface area contributed by atoms with Gasteiger partial charge in [0.1, 0.15) is 17.1 Å². The molecule has 0 aliphatic carbocycles. The first-order chi connectivity index (χ1) is 13.5. The summed E-state index contributed by atoms with van der Waals surface area (Å²) >= 11 is 5.94. The summed E-state index contributed by atoms with van der Waals surface area (Å²) in [7, 11) is 0. The number of anilines is 1. The fourth-order valence-electron chi connectivity index (χ4n) is 3.71. The molecule has 4 rings (SSSR count). The Labute approximate surface area is 167 Å². The molecule has 0 amide bonds. The fraction of sp³-hybridized carbons (Fsp3) is 0.318. The lowest BCUT2D eigenvalue weighted by atomic mass is 9.98. The summed E-state index contributed by atoms with van der Waals surface area (Å²) in [5.74, 6) is 0.300. The normalized spacial score (nSPS) is 13.5. The minimum Gasteiger partial charge on any atom is -0.472 e. The van der Waals surface area contributed by atoms with Crippen molar-refractivity contribution in [1.82, 2.24) is 0 Å². The van der Waals surface area contributed by atoms with E-state index in [4.69, 9.17) is 20.8 Å². The number of aryl methyl sites for hydroxylation is 2. The third-order valence-electron chi connectivity index (χ3n) is 5.17. The third kappa shape index (κ3) is 3.35. The molecule has 3 aromatic rings. The van der Waals surface area contributed by atoms with Gasteiger partial charge in [-0.1, -0.05) is 24.9 Å². The highest BCUT2D eigenvalue weighted by Gasteiger charge is 2.23. The number of hydrogen-bond acceptors (Lipinski definition) is 4. The second-order valence-corrected chi connectivity index (χ2v) is 7.54. The van der Waals surface area contributed by atoms with E-state index in [-0.39, 0.29) is 10.6 Å². The highest BCUT2D eigenvalue weighted by molar-refractivity contribution is 6.31. The van der Waals surface area contributed by atoms with Crippen molar-refractivity contribution in [2.45, 2.75) is 39.7 Å². The van der Waals surface area contributed by atoms with Gasteiger partial charge >= 0.3 is 5.63 Å². The number of ether oxygens (including phenoxy) is 1. The van der Waals surface area contributed by atoms with Crippen LogP contribution in [0.3, 0.4) is 0 Å². The minimum absolute atomic E-state index is 0.0848. The van der Waals surface area contributed by atoms with E-state index in [1.165, 1.54) is 6.07 Å². The number of fused-ring (bicyclic) bond motifs is 2. The number of unbranched alkanes of at least 4 members (excludes halogenated alkanes) is 1. The van der Waals surface area contributed by atoms with E-state index >= 15 is 0 Å². The third-order valence-corrected chi connectivity index (χ3v) is 5.46. The SMILES string of the molecule is CCCCc1cc(=O)oc2c(C)c3c(cc12)CN(c1ccc(F)c(Cl)c1)CO3. The zero-order chi connectivity index (χ0) is 19.8. The van der Waals surface area contributed by atoms with Gasteiger partial charge in [0.05, 0.1) is 5.02 Å². The molecule has 0 fully saturated rings. The first-order valence-corrected chi connectivity index (χ1v) is 9.77. The molecular weight excluding hydrogens is 381 g/mol. The van der Waals surface area contributed by atoms with Crippen molar-refractivity contribution in [3.63, 3.8) is 0 Å². The molecule has 0 saturated carbocycles. The van der Waals surface area contributed by atoms with E-state index in [1.54, 1.807) is 18.2 Å². The molecule has 1 aliphatic rings. The molecule has 0 atom stereocenters. The molecule has 0 spiro atoms. The molecule has 0 N–H and O–H groups in total. The predicted molar refractivity (Wildman–Crippen MR) is 109 cm³/mol. The quantitative estimate of drug-likeness (QED) is 0.534. The van der Waals surface area contributed by atoms with Crippen molar-refractivity contribution in [2.75, 3.05) is 11.6 Å². The Morgan fingerprint density at radius 1 is 1.25 bits per heavy atom. The molecule has 146 valence electrons. The molecule has 28 heavy (non-hydrogen) atoms. The van der Waals surface area contributed by atoms with Gasteiger partial charge in [0.2, 0.25) is 0 Å². The van der Waals surface area contributed by atoms with Crippen LogP contribution in [-0.2, 0) is 13.0 Å². The zero-order valence-corrected chi connectivity index (χ0v) is 16.6. The van der Waals surface area contributed by atoms with Crippen LogP contribution in [-0.4, -0.2) is 6.73 Å². The number of nitrogens with zero attached hydrogens (tertiary/aromatic N) is 1. The summed E-state index contributed by atoms with van der Waals surface area (Å²) in [5.41, 5.74) is 3.89. The van der Waals surface area contributed by atoms with E-state index in [9.17, 15) is 9.18 Å². The minimum atomic E-state index is -0.443. The van der Waals surface area contributed by atoms with Crippen molar-refractivity contribution in [1.29, 1.82) is 0 Å². The molecule has 0 unspecified atom stereocenters. The maximum Gasteiger partial charge on any atom is 0.336 e. The zero-order valence-electron chi connectivity index (χ0n) is 15.9. The van der Waals surface area contributed by atoms with Gasteiger partial charge in [-0.15, -0.1) is 0 Å². The van der Waals surface area contributed by atoms with E-state index in [0.717, 1.165) is 52.8 Å². The first-order valence-electron chi connectivity index (χ1n) is 9.40. The number of halogens is 2. The van der Waals surface area contributed by atoms with E-state index in [0.29, 0.717) is 18.9 Å². The average Bonchev–Trinajstić information content (AvgIpc) is 2.69. The Morgan fingerprint density at radius 3 is 2.82 bits per heavy atom. The second kappa shape index (κ2) is 7.47. The summed E-state index contributed by atoms with van der Waals surface area (Å²) < 4.78 is 25.0. The van der Waals surface area contributed by atoms with Gasteiger partial charge in [-0.25, -0.2) is 9.18 Å². The first kappa shape index (κ1) is 18.8. The molecular formula is C22H21ClFNO3. The molecule has 6 heteroatoms. The van der Waals surface area contributed by atoms with Crippen LogP contribution in [0, 0.1) is 12.7 Å². The van der Waals surface area contributed by atoms with Crippen LogP contribution in [0.1, 0.15) is 36.5 Å². The van der Waals surface area contributed by atoms with Crippen LogP contribution in [0.4, 0.5) is 10.1 Å². The van der Waals surface area contributed by atoms with E-state index < -0.39 is 5.82 Å². The van der Waals surface area contributed by atoms with Crippen molar-refractivity contribution in [3.8, 4) is 5.75 Å². The topological polar surface area (TPSA) is 42.7 Å². The van der Waals surface area contributed by atoms with Crippen molar-refractivity contribution < 1.29 is 13.5 Å². The Bertz CT molecular complexity index is 1110. The lowest BCUT2D eigenvalue weighted by Crippen LogP contribution is -2.32.